The Morgan fingerprint density at radius 1 is 1.29 bits per heavy atom. The molecule has 0 bridgehead atoms. The van der Waals surface area contributed by atoms with Gasteiger partial charge >= 0.3 is 0 Å². The second-order valence-electron chi connectivity index (χ2n) is 2.68. The zero-order valence-electron chi connectivity index (χ0n) is 7.86. The first-order valence-corrected chi connectivity index (χ1v) is 6.35. The molecule has 1 aromatic rings. The molecule has 0 atom stereocenters. The minimum atomic E-state index is -3.31. The van der Waals surface area contributed by atoms with Crippen molar-refractivity contribution in [2.75, 3.05) is 17.2 Å². The second kappa shape index (κ2) is 4.45. The van der Waals surface area contributed by atoms with Crippen LogP contribution in [0.15, 0.2) is 29.2 Å². The van der Waals surface area contributed by atoms with Crippen LogP contribution in [0.1, 0.15) is 0 Å². The van der Waals surface area contributed by atoms with Crippen molar-refractivity contribution in [3.8, 4) is 0 Å². The van der Waals surface area contributed by atoms with Crippen molar-refractivity contribution < 1.29 is 8.42 Å². The van der Waals surface area contributed by atoms with Gasteiger partial charge < -0.3 is 3.11 Å². The van der Waals surface area contributed by atoms with Crippen molar-refractivity contribution in [2.45, 2.75) is 4.90 Å². The van der Waals surface area contributed by atoms with E-state index in [0.29, 0.717) is 0 Å². The molecule has 0 heterocycles. The van der Waals surface area contributed by atoms with Gasteiger partial charge in [0.25, 0.3) is 0 Å². The Labute approximate surface area is 97.9 Å². The summed E-state index contributed by atoms with van der Waals surface area (Å²) in [5, 5.41) is 0. The number of anilines is 1. The quantitative estimate of drug-likeness (QED) is 0.674. The average molecular weight is 326 g/mol. The number of sulfonamides is 1. The molecule has 78 valence electrons. The predicted molar refractivity (Wildman–Crippen MR) is 65.1 cm³/mol. The molecule has 0 spiro atoms. The summed E-state index contributed by atoms with van der Waals surface area (Å²) in [4.78, 5) is 0.280. The van der Waals surface area contributed by atoms with Gasteiger partial charge in [-0.25, -0.2) is 13.1 Å². The summed E-state index contributed by atoms with van der Waals surface area (Å²) in [6.07, 6.45) is 0. The third-order valence-corrected chi connectivity index (χ3v) is 3.76. The van der Waals surface area contributed by atoms with Crippen LogP contribution in [-0.4, -0.2) is 22.5 Å². The lowest BCUT2D eigenvalue weighted by molar-refractivity contribution is 0.588. The van der Waals surface area contributed by atoms with Gasteiger partial charge in [0.05, 0.1) is 27.8 Å². The molecule has 0 fully saturated rings. The molecule has 4 nitrogen and oxygen atoms in total. The molecular weight excluding hydrogens is 315 g/mol. The SMILES string of the molecule is CNS(=O)(=O)c1ccc(N(C)I)cc1. The molecule has 14 heavy (non-hydrogen) atoms. The van der Waals surface area contributed by atoms with Gasteiger partial charge in [0.1, 0.15) is 0 Å². The van der Waals surface area contributed by atoms with Crippen LogP contribution >= 0.6 is 22.9 Å². The van der Waals surface area contributed by atoms with Gasteiger partial charge in [-0.3, -0.25) is 0 Å². The molecule has 0 aliphatic carbocycles. The number of nitrogens with one attached hydrogen (secondary N) is 1. The number of halogens is 1. The summed E-state index contributed by atoms with van der Waals surface area (Å²) in [7, 11) is -0.0241. The van der Waals surface area contributed by atoms with Crippen LogP contribution in [0, 0.1) is 0 Å². The van der Waals surface area contributed by atoms with Gasteiger partial charge in [0, 0.05) is 12.7 Å². The maximum Gasteiger partial charge on any atom is 0.240 e. The maximum absolute atomic E-state index is 11.4. The van der Waals surface area contributed by atoms with E-state index in [1.807, 2.05) is 10.2 Å². The van der Waals surface area contributed by atoms with Crippen molar-refractivity contribution in [3.63, 3.8) is 0 Å². The van der Waals surface area contributed by atoms with Crippen LogP contribution in [0.5, 0.6) is 0 Å². The lowest BCUT2D eigenvalue weighted by Gasteiger charge is -2.10. The highest BCUT2D eigenvalue weighted by molar-refractivity contribution is 14.1. The van der Waals surface area contributed by atoms with Gasteiger partial charge in [0.2, 0.25) is 10.0 Å². The molecule has 1 N–H and O–H groups in total. The Hall–Kier alpha value is -0.340. The molecular formula is C8H11IN2O2S. The standard InChI is InChI=1S/C8H11IN2O2S/c1-10-14(12,13)8-5-3-7(4-6-8)11(2)9/h3-6,10H,1-2H3. The normalized spacial score (nSPS) is 11.4. The number of benzene rings is 1. The molecule has 0 saturated heterocycles. The van der Waals surface area contributed by atoms with Gasteiger partial charge in [-0.15, -0.1) is 0 Å². The lowest BCUT2D eigenvalue weighted by atomic mass is 10.3. The van der Waals surface area contributed by atoms with E-state index >= 15 is 0 Å². The van der Waals surface area contributed by atoms with E-state index in [9.17, 15) is 8.42 Å². The van der Waals surface area contributed by atoms with Gasteiger partial charge in [-0.1, -0.05) is 0 Å². The average Bonchev–Trinajstić information content (AvgIpc) is 2.18. The van der Waals surface area contributed by atoms with Crippen molar-refractivity contribution >= 4 is 38.6 Å². The van der Waals surface area contributed by atoms with Crippen LogP contribution < -0.4 is 7.84 Å². The molecule has 0 aliphatic heterocycles. The monoisotopic (exact) mass is 326 g/mol. The lowest BCUT2D eigenvalue weighted by Crippen LogP contribution is -2.18. The second-order valence-corrected chi connectivity index (χ2v) is 6.01. The molecule has 0 amide bonds. The van der Waals surface area contributed by atoms with Gasteiger partial charge in [-0.05, 0) is 31.3 Å². The molecule has 0 aliphatic rings. The van der Waals surface area contributed by atoms with E-state index in [4.69, 9.17) is 0 Å². The van der Waals surface area contributed by atoms with Crippen LogP contribution in [0.2, 0.25) is 0 Å². The fourth-order valence-electron chi connectivity index (χ4n) is 0.949. The minimum absolute atomic E-state index is 0.280. The molecule has 0 unspecified atom stereocenters. The fourth-order valence-corrected chi connectivity index (χ4v) is 2.00. The predicted octanol–water partition coefficient (Wildman–Crippen LogP) is 1.38. The number of hydrogen-bond acceptors (Lipinski definition) is 3. The maximum atomic E-state index is 11.4. The summed E-state index contributed by atoms with van der Waals surface area (Å²) in [5.41, 5.74) is 0.959. The first-order chi connectivity index (χ1) is 6.47. The number of rotatable bonds is 3. The van der Waals surface area contributed by atoms with Crippen LogP contribution in [0.4, 0.5) is 5.69 Å². The van der Waals surface area contributed by atoms with E-state index < -0.39 is 10.0 Å². The topological polar surface area (TPSA) is 49.4 Å². The van der Waals surface area contributed by atoms with E-state index in [2.05, 4.69) is 27.6 Å². The van der Waals surface area contributed by atoms with E-state index in [1.165, 1.54) is 7.05 Å². The van der Waals surface area contributed by atoms with Gasteiger partial charge in [0.15, 0.2) is 0 Å². The Morgan fingerprint density at radius 3 is 2.14 bits per heavy atom. The molecule has 1 rings (SSSR count). The summed E-state index contributed by atoms with van der Waals surface area (Å²) in [6, 6.07) is 6.68. The van der Waals surface area contributed by atoms with Crippen LogP contribution in [-0.2, 0) is 10.0 Å². The van der Waals surface area contributed by atoms with Crippen molar-refractivity contribution in [1.29, 1.82) is 0 Å². The Kier molecular flexibility index (Phi) is 3.73. The first kappa shape index (κ1) is 11.7. The number of nitrogens with zero attached hydrogens (tertiary/aromatic N) is 1. The van der Waals surface area contributed by atoms with Crippen molar-refractivity contribution in [2.24, 2.45) is 0 Å². The molecule has 6 heteroatoms. The van der Waals surface area contributed by atoms with Crippen LogP contribution in [0.3, 0.4) is 0 Å². The highest BCUT2D eigenvalue weighted by atomic mass is 127. The third kappa shape index (κ3) is 2.58. The summed E-state index contributed by atoms with van der Waals surface area (Å²) >= 11 is 2.12. The van der Waals surface area contributed by atoms with E-state index in [0.717, 1.165) is 5.69 Å². The fraction of sp³-hybridized carbons (Fsp3) is 0.250. The largest absolute Gasteiger partial charge is 0.318 e. The van der Waals surface area contributed by atoms with E-state index in [-0.39, 0.29) is 4.90 Å². The smallest absolute Gasteiger partial charge is 0.240 e. The Bertz CT molecular complexity index is 400. The first-order valence-electron chi connectivity index (χ1n) is 3.90. The third-order valence-electron chi connectivity index (χ3n) is 1.77. The Morgan fingerprint density at radius 2 is 1.79 bits per heavy atom. The molecule has 0 aromatic heterocycles. The zero-order chi connectivity index (χ0) is 10.8. The Balaban J connectivity index is 3.06. The van der Waals surface area contributed by atoms with Crippen molar-refractivity contribution in [3.05, 3.63) is 24.3 Å². The van der Waals surface area contributed by atoms with Gasteiger partial charge in [-0.2, -0.15) is 0 Å². The molecule has 0 saturated carbocycles. The van der Waals surface area contributed by atoms with E-state index in [1.54, 1.807) is 24.3 Å². The molecule has 0 radical (unpaired) electrons. The summed E-state index contributed by atoms with van der Waals surface area (Å²) < 4.78 is 26.9. The number of hydrogen-bond donors (Lipinski definition) is 1. The van der Waals surface area contributed by atoms with Crippen LogP contribution in [0.25, 0.3) is 0 Å². The zero-order valence-corrected chi connectivity index (χ0v) is 10.8. The summed E-state index contributed by atoms with van der Waals surface area (Å²) in [5.74, 6) is 0. The molecule has 1 aromatic carbocycles. The summed E-state index contributed by atoms with van der Waals surface area (Å²) in [6.45, 7) is 0. The highest BCUT2D eigenvalue weighted by Crippen LogP contribution is 2.18. The van der Waals surface area contributed by atoms with Crippen molar-refractivity contribution in [1.82, 2.24) is 4.72 Å². The highest BCUT2D eigenvalue weighted by Gasteiger charge is 2.10. The minimum Gasteiger partial charge on any atom is -0.318 e.